The summed E-state index contributed by atoms with van der Waals surface area (Å²) in [5.41, 5.74) is 1.34. The van der Waals surface area contributed by atoms with Crippen LogP contribution in [0.2, 0.25) is 0 Å². The highest BCUT2D eigenvalue weighted by Crippen LogP contribution is 2.53. The molecule has 2 N–H and O–H groups in total. The van der Waals surface area contributed by atoms with E-state index in [1.165, 1.54) is 4.90 Å². The Bertz CT molecular complexity index is 1430. The highest BCUT2D eigenvalue weighted by atomic mass is 32.2. The topological polar surface area (TPSA) is 125 Å². The first-order chi connectivity index (χ1) is 20.8. The zero-order valence-corrected chi connectivity index (χ0v) is 27.1. The van der Waals surface area contributed by atoms with Crippen LogP contribution in [0, 0.1) is 11.3 Å². The van der Waals surface area contributed by atoms with E-state index in [1.807, 2.05) is 45.0 Å². The smallest absolute Gasteiger partial charge is 0.317 e. The van der Waals surface area contributed by atoms with E-state index in [2.05, 4.69) is 29.4 Å². The monoisotopic (exact) mass is 626 g/mol. The summed E-state index contributed by atoms with van der Waals surface area (Å²) in [6.45, 7) is 10.4. The molecule has 10 nitrogen and oxygen atoms in total. The molecular formula is C33H46N4O6S. The van der Waals surface area contributed by atoms with Gasteiger partial charge in [-0.15, -0.1) is 6.58 Å². The molecule has 1 saturated heterocycles. The van der Waals surface area contributed by atoms with Gasteiger partial charge in [-0.1, -0.05) is 57.2 Å². The second kappa shape index (κ2) is 12.3. The molecule has 2 heterocycles. The van der Waals surface area contributed by atoms with Crippen molar-refractivity contribution >= 4 is 33.8 Å². The average Bonchev–Trinajstić information content (AvgIpc) is 3.90. The lowest BCUT2D eigenvalue weighted by Gasteiger charge is -2.36. The molecule has 2 aliphatic carbocycles. The Kier molecular flexibility index (Phi) is 9.01. The van der Waals surface area contributed by atoms with Crippen molar-refractivity contribution in [1.29, 1.82) is 0 Å². The molecule has 11 heteroatoms. The summed E-state index contributed by atoms with van der Waals surface area (Å²) < 4.78 is 33.2. The third-order valence-corrected chi connectivity index (χ3v) is 12.2. The van der Waals surface area contributed by atoms with Gasteiger partial charge in [-0.2, -0.15) is 0 Å². The van der Waals surface area contributed by atoms with Crippen molar-refractivity contribution in [2.45, 2.75) is 94.2 Å². The Morgan fingerprint density at radius 2 is 1.98 bits per heavy atom. The van der Waals surface area contributed by atoms with Gasteiger partial charge in [0.2, 0.25) is 11.8 Å². The SMILES string of the molecule is C=C[C@@H]1C[C@]1(NC(=O)[C@@H]1C[C@@H]2CN1C(=O)[C@H](C(C)(C)C)NC(=O)N(C)CCCC=Cc1cccc(c1)CO2)S(=O)(=O)C1CC1. The van der Waals surface area contributed by atoms with Crippen molar-refractivity contribution in [3.05, 3.63) is 54.1 Å². The second-order valence-electron chi connectivity index (χ2n) is 13.8. The van der Waals surface area contributed by atoms with Gasteiger partial charge in [0.1, 0.15) is 17.0 Å². The van der Waals surface area contributed by atoms with Gasteiger partial charge in [-0.05, 0) is 54.7 Å². The summed E-state index contributed by atoms with van der Waals surface area (Å²) in [6, 6.07) is 5.76. The Balaban J connectivity index is 1.45. The van der Waals surface area contributed by atoms with Crippen LogP contribution in [-0.4, -0.2) is 84.5 Å². The van der Waals surface area contributed by atoms with Crippen molar-refractivity contribution in [3.8, 4) is 0 Å². The largest absolute Gasteiger partial charge is 0.372 e. The maximum Gasteiger partial charge on any atom is 0.317 e. The van der Waals surface area contributed by atoms with E-state index in [0.717, 1.165) is 24.0 Å². The minimum atomic E-state index is -3.62. The zero-order chi connectivity index (χ0) is 31.9. The van der Waals surface area contributed by atoms with Crippen LogP contribution >= 0.6 is 0 Å². The van der Waals surface area contributed by atoms with Crippen molar-refractivity contribution in [2.75, 3.05) is 20.1 Å². The lowest BCUT2D eigenvalue weighted by molar-refractivity contribution is -0.142. The number of benzene rings is 1. The first-order valence-corrected chi connectivity index (χ1v) is 17.2. The summed E-state index contributed by atoms with van der Waals surface area (Å²) in [5, 5.41) is 5.35. The van der Waals surface area contributed by atoms with Crippen molar-refractivity contribution < 1.29 is 27.5 Å². The van der Waals surface area contributed by atoms with Gasteiger partial charge in [-0.25, -0.2) is 13.2 Å². The number of ether oxygens (including phenoxy) is 1. The van der Waals surface area contributed by atoms with E-state index >= 15 is 0 Å². The lowest BCUT2D eigenvalue weighted by Crippen LogP contribution is -2.60. The highest BCUT2D eigenvalue weighted by Gasteiger charge is 2.67. The van der Waals surface area contributed by atoms with Crippen LogP contribution in [0.3, 0.4) is 0 Å². The number of carbonyl (C=O) groups excluding carboxylic acids is 3. The fraction of sp³-hybridized carbons (Fsp3) is 0.606. The quantitative estimate of drug-likeness (QED) is 0.481. The summed E-state index contributed by atoms with van der Waals surface area (Å²) >= 11 is 0. The summed E-state index contributed by atoms with van der Waals surface area (Å²) in [6.07, 6.45) is 8.48. The standard InChI is InChI=1S/C33H46N4O6S/c1-6-24-19-33(24,44(41,42)26-14-15-26)35-29(38)27-18-25-20-37(27)30(39)28(32(2,3)4)34-31(40)36(5)16-9-7-8-11-22-12-10-13-23(17-22)21-43-25/h6,8,10-13,17,24-28H,1,7,9,14-16,18-21H2,2-5H3,(H,34,40)(H,35,38)/t24-,25-,27+,28-,33+/m1/s1. The molecular weight excluding hydrogens is 580 g/mol. The molecule has 5 rings (SSSR count). The number of amides is 4. The molecule has 4 aliphatic rings. The minimum absolute atomic E-state index is 0.141. The molecule has 5 atom stereocenters. The number of fused-ring (bicyclic) bond motifs is 4. The fourth-order valence-corrected chi connectivity index (χ4v) is 8.80. The number of nitrogens with zero attached hydrogens (tertiary/aromatic N) is 2. The predicted octanol–water partition coefficient (Wildman–Crippen LogP) is 3.63. The number of rotatable bonds is 5. The van der Waals surface area contributed by atoms with Crippen LogP contribution < -0.4 is 10.6 Å². The van der Waals surface area contributed by atoms with Crippen molar-refractivity contribution in [1.82, 2.24) is 20.4 Å². The first-order valence-electron chi connectivity index (χ1n) is 15.6. The van der Waals surface area contributed by atoms with E-state index in [9.17, 15) is 22.8 Å². The number of urea groups is 1. The van der Waals surface area contributed by atoms with Gasteiger partial charge in [0, 0.05) is 32.5 Å². The minimum Gasteiger partial charge on any atom is -0.372 e. The summed E-state index contributed by atoms with van der Waals surface area (Å²) in [7, 11) is -1.91. The molecule has 44 heavy (non-hydrogen) atoms. The summed E-state index contributed by atoms with van der Waals surface area (Å²) in [4.78, 5) is 43.2. The van der Waals surface area contributed by atoms with E-state index in [4.69, 9.17) is 4.74 Å². The molecule has 0 radical (unpaired) electrons. The Morgan fingerprint density at radius 3 is 2.64 bits per heavy atom. The van der Waals surface area contributed by atoms with Crippen molar-refractivity contribution in [2.24, 2.45) is 11.3 Å². The van der Waals surface area contributed by atoms with Gasteiger partial charge in [-0.3, -0.25) is 9.59 Å². The fourth-order valence-electron chi connectivity index (χ4n) is 6.28. The van der Waals surface area contributed by atoms with Gasteiger partial charge in [0.25, 0.3) is 0 Å². The van der Waals surface area contributed by atoms with Gasteiger partial charge in [0.15, 0.2) is 9.84 Å². The number of hydrogen-bond acceptors (Lipinski definition) is 6. The van der Waals surface area contributed by atoms with Crippen LogP contribution in [0.15, 0.2) is 43.0 Å². The van der Waals surface area contributed by atoms with Crippen LogP contribution in [0.5, 0.6) is 0 Å². The third kappa shape index (κ3) is 6.59. The highest BCUT2D eigenvalue weighted by molar-refractivity contribution is 7.94. The van der Waals surface area contributed by atoms with E-state index in [1.54, 1.807) is 18.0 Å². The molecule has 1 aromatic rings. The van der Waals surface area contributed by atoms with E-state index in [-0.39, 0.29) is 31.3 Å². The van der Waals surface area contributed by atoms with Gasteiger partial charge >= 0.3 is 6.03 Å². The van der Waals surface area contributed by atoms with Crippen LogP contribution in [0.1, 0.15) is 70.4 Å². The normalized spacial score (nSPS) is 30.3. The molecule has 0 spiro atoms. The number of nitrogens with one attached hydrogen (secondary N) is 2. The molecule has 1 aromatic carbocycles. The number of sulfone groups is 1. The molecule has 240 valence electrons. The van der Waals surface area contributed by atoms with Crippen LogP contribution in [0.25, 0.3) is 6.08 Å². The Labute approximate surface area is 261 Å². The Hall–Kier alpha value is -3.18. The third-order valence-electron chi connectivity index (χ3n) is 9.24. The molecule has 2 aliphatic heterocycles. The molecule has 4 bridgehead atoms. The average molecular weight is 627 g/mol. The number of hydrogen-bond donors (Lipinski definition) is 2. The maximum atomic E-state index is 14.3. The Morgan fingerprint density at radius 1 is 1.23 bits per heavy atom. The van der Waals surface area contributed by atoms with Gasteiger partial charge < -0.3 is 25.2 Å². The predicted molar refractivity (Wildman–Crippen MR) is 169 cm³/mol. The van der Waals surface area contributed by atoms with Gasteiger partial charge in [0.05, 0.1) is 18.0 Å². The number of carbonyl (C=O) groups is 3. The molecule has 3 fully saturated rings. The molecule has 4 amide bonds. The van der Waals surface area contributed by atoms with Crippen LogP contribution in [0.4, 0.5) is 4.79 Å². The maximum absolute atomic E-state index is 14.3. The van der Waals surface area contributed by atoms with E-state index < -0.39 is 55.4 Å². The van der Waals surface area contributed by atoms with Crippen molar-refractivity contribution in [3.63, 3.8) is 0 Å². The molecule has 0 unspecified atom stereocenters. The second-order valence-corrected chi connectivity index (χ2v) is 16.3. The zero-order valence-electron chi connectivity index (χ0n) is 26.3. The van der Waals surface area contributed by atoms with E-state index in [0.29, 0.717) is 26.0 Å². The molecule has 0 aromatic heterocycles. The number of allylic oxidation sites excluding steroid dienone is 1. The lowest BCUT2D eigenvalue weighted by atomic mass is 9.85. The molecule has 2 saturated carbocycles. The first kappa shape index (κ1) is 32.2. The summed E-state index contributed by atoms with van der Waals surface area (Å²) in [5.74, 6) is -1.30. The van der Waals surface area contributed by atoms with Crippen LogP contribution in [-0.2, 0) is 30.8 Å².